The van der Waals surface area contributed by atoms with Crippen LogP contribution in [-0.2, 0) is 19.2 Å². The van der Waals surface area contributed by atoms with Gasteiger partial charge in [0.2, 0.25) is 0 Å². The molecule has 0 aromatic carbocycles. The molecule has 1 saturated heterocycles. The summed E-state index contributed by atoms with van der Waals surface area (Å²) < 4.78 is 0. The van der Waals surface area contributed by atoms with E-state index in [-0.39, 0.29) is 25.7 Å². The zero-order valence-electron chi connectivity index (χ0n) is 7.49. The van der Waals surface area contributed by atoms with Crippen LogP contribution in [0.2, 0.25) is 0 Å². The molecule has 1 aliphatic rings. The van der Waals surface area contributed by atoms with Crippen molar-refractivity contribution in [3.63, 3.8) is 0 Å². The Labute approximate surface area is 81.0 Å². The van der Waals surface area contributed by atoms with Crippen molar-refractivity contribution in [2.24, 2.45) is 0 Å². The van der Waals surface area contributed by atoms with E-state index in [1.54, 1.807) is 0 Å². The van der Waals surface area contributed by atoms with Crippen molar-refractivity contribution in [2.45, 2.75) is 25.7 Å². The topological polar surface area (TPSA) is 63.7 Å². The molecule has 0 aromatic heterocycles. The molecule has 0 N–H and O–H groups in total. The van der Waals surface area contributed by atoms with Crippen LogP contribution in [0, 0.1) is 12.3 Å². The van der Waals surface area contributed by atoms with E-state index in [0.717, 1.165) is 0 Å². The summed E-state index contributed by atoms with van der Waals surface area (Å²) >= 11 is 0. The van der Waals surface area contributed by atoms with Gasteiger partial charge in [-0.3, -0.25) is 9.59 Å². The third kappa shape index (κ3) is 2.33. The molecule has 1 heterocycles. The van der Waals surface area contributed by atoms with E-state index < -0.39 is 17.8 Å². The lowest BCUT2D eigenvalue weighted by Crippen LogP contribution is -2.31. The van der Waals surface area contributed by atoms with Gasteiger partial charge in [0.1, 0.15) is 0 Å². The van der Waals surface area contributed by atoms with Crippen molar-refractivity contribution < 1.29 is 19.2 Å². The van der Waals surface area contributed by atoms with Crippen molar-refractivity contribution in [3.05, 3.63) is 0 Å². The summed E-state index contributed by atoms with van der Waals surface area (Å²) in [6, 6.07) is 0. The Morgan fingerprint density at radius 2 is 2.00 bits per heavy atom. The minimum atomic E-state index is -0.661. The number of imide groups is 1. The minimum Gasteiger partial charge on any atom is -0.330 e. The molecule has 2 amide bonds. The maximum absolute atomic E-state index is 11.0. The highest BCUT2D eigenvalue weighted by molar-refractivity contribution is 6.01. The zero-order chi connectivity index (χ0) is 10.6. The first-order chi connectivity index (χ1) is 6.65. The fraction of sp³-hybridized carbons (Fsp3) is 0.444. The largest absolute Gasteiger partial charge is 0.334 e. The van der Waals surface area contributed by atoms with Crippen LogP contribution in [0.5, 0.6) is 0 Å². The van der Waals surface area contributed by atoms with Gasteiger partial charge in [0.05, 0.1) is 6.42 Å². The molecule has 0 unspecified atom stereocenters. The molecular formula is C9H9NO4. The third-order valence-corrected chi connectivity index (χ3v) is 1.67. The first-order valence-electron chi connectivity index (χ1n) is 4.15. The van der Waals surface area contributed by atoms with Crippen LogP contribution in [0.4, 0.5) is 0 Å². The molecular weight excluding hydrogens is 186 g/mol. The molecule has 5 heteroatoms. The maximum atomic E-state index is 11.0. The molecule has 0 bridgehead atoms. The van der Waals surface area contributed by atoms with Gasteiger partial charge in [-0.05, 0) is 0 Å². The van der Waals surface area contributed by atoms with Crippen molar-refractivity contribution in [1.29, 1.82) is 0 Å². The second kappa shape index (κ2) is 4.42. The number of hydrogen-bond donors (Lipinski definition) is 0. The van der Waals surface area contributed by atoms with Gasteiger partial charge in [-0.2, -0.15) is 0 Å². The molecule has 1 rings (SSSR count). The highest BCUT2D eigenvalue weighted by atomic mass is 16.7. The molecule has 0 aliphatic carbocycles. The van der Waals surface area contributed by atoms with Crippen LogP contribution in [0.3, 0.4) is 0 Å². The minimum absolute atomic E-state index is 0.00750. The quantitative estimate of drug-likeness (QED) is 0.470. The second-order valence-electron chi connectivity index (χ2n) is 2.75. The number of carbonyl (C=O) groups excluding carboxylic acids is 3. The Balaban J connectivity index is 2.44. The molecule has 1 fully saturated rings. The van der Waals surface area contributed by atoms with Crippen molar-refractivity contribution in [3.8, 4) is 12.3 Å². The first kappa shape index (κ1) is 10.3. The SMILES string of the molecule is C#CCCC(=O)ON1C(=O)CCC1=O. The third-order valence-electron chi connectivity index (χ3n) is 1.67. The number of amides is 2. The maximum Gasteiger partial charge on any atom is 0.334 e. The van der Waals surface area contributed by atoms with Crippen LogP contribution in [0.15, 0.2) is 0 Å². The molecule has 1 aliphatic heterocycles. The van der Waals surface area contributed by atoms with E-state index in [1.807, 2.05) is 0 Å². The van der Waals surface area contributed by atoms with Gasteiger partial charge in [0.25, 0.3) is 11.8 Å². The van der Waals surface area contributed by atoms with Gasteiger partial charge in [0.15, 0.2) is 0 Å². The van der Waals surface area contributed by atoms with Gasteiger partial charge < -0.3 is 4.84 Å². The summed E-state index contributed by atoms with van der Waals surface area (Å²) in [5.41, 5.74) is 0. The van der Waals surface area contributed by atoms with E-state index in [1.165, 1.54) is 0 Å². The predicted octanol–water partition coefficient (Wildman–Crippen LogP) is 0.00700. The normalized spacial score (nSPS) is 15.5. The van der Waals surface area contributed by atoms with Gasteiger partial charge >= 0.3 is 5.97 Å². The predicted molar refractivity (Wildman–Crippen MR) is 45.2 cm³/mol. The number of rotatable bonds is 3. The summed E-state index contributed by atoms with van der Waals surface area (Å²) in [6.07, 6.45) is 5.37. The number of hydroxylamine groups is 2. The molecule has 0 radical (unpaired) electrons. The summed E-state index contributed by atoms with van der Waals surface area (Å²) in [6.45, 7) is 0. The Morgan fingerprint density at radius 1 is 1.43 bits per heavy atom. The lowest BCUT2D eigenvalue weighted by molar-refractivity contribution is -0.197. The summed E-state index contributed by atoms with van der Waals surface area (Å²) in [7, 11) is 0. The fourth-order valence-electron chi connectivity index (χ4n) is 0.980. The van der Waals surface area contributed by atoms with Crippen molar-refractivity contribution >= 4 is 17.8 Å². The van der Waals surface area contributed by atoms with Crippen LogP contribution in [0.25, 0.3) is 0 Å². The van der Waals surface area contributed by atoms with E-state index in [2.05, 4.69) is 10.8 Å². The van der Waals surface area contributed by atoms with E-state index in [9.17, 15) is 14.4 Å². The monoisotopic (exact) mass is 195 g/mol. The number of terminal acetylenes is 1. The van der Waals surface area contributed by atoms with Crippen molar-refractivity contribution in [1.82, 2.24) is 5.06 Å². The van der Waals surface area contributed by atoms with Gasteiger partial charge in [-0.1, -0.05) is 0 Å². The van der Waals surface area contributed by atoms with Crippen LogP contribution >= 0.6 is 0 Å². The first-order valence-corrected chi connectivity index (χ1v) is 4.15. The number of hydrogen-bond acceptors (Lipinski definition) is 4. The Kier molecular flexibility index (Phi) is 3.24. The lowest BCUT2D eigenvalue weighted by Gasteiger charge is -2.11. The summed E-state index contributed by atoms with van der Waals surface area (Å²) in [5.74, 6) is 0.631. The fourth-order valence-corrected chi connectivity index (χ4v) is 0.980. The van der Waals surface area contributed by atoms with Gasteiger partial charge in [-0.25, -0.2) is 4.79 Å². The highest BCUT2D eigenvalue weighted by Crippen LogP contribution is 2.12. The lowest BCUT2D eigenvalue weighted by atomic mass is 10.3. The summed E-state index contributed by atoms with van der Waals surface area (Å²) in [5, 5.41) is 0.513. The standard InChI is InChI=1S/C9H9NO4/c1-2-3-4-9(13)14-10-7(11)5-6-8(10)12/h1H,3-6H2. The second-order valence-corrected chi connectivity index (χ2v) is 2.75. The van der Waals surface area contributed by atoms with Crippen LogP contribution < -0.4 is 0 Å². The average molecular weight is 195 g/mol. The van der Waals surface area contributed by atoms with E-state index in [0.29, 0.717) is 5.06 Å². The number of nitrogens with zero attached hydrogens (tertiary/aromatic N) is 1. The molecule has 0 atom stereocenters. The number of carbonyl (C=O) groups is 3. The van der Waals surface area contributed by atoms with Crippen LogP contribution in [0.1, 0.15) is 25.7 Å². The highest BCUT2D eigenvalue weighted by Gasteiger charge is 2.32. The molecule has 0 aromatic rings. The Bertz CT molecular complexity index is 299. The molecule has 74 valence electrons. The smallest absolute Gasteiger partial charge is 0.330 e. The average Bonchev–Trinajstić information content (AvgIpc) is 2.46. The van der Waals surface area contributed by atoms with Crippen LogP contribution in [-0.4, -0.2) is 22.8 Å². The Morgan fingerprint density at radius 3 is 2.50 bits per heavy atom. The van der Waals surface area contributed by atoms with Gasteiger partial charge in [0, 0.05) is 19.3 Å². The van der Waals surface area contributed by atoms with Crippen molar-refractivity contribution in [2.75, 3.05) is 0 Å². The van der Waals surface area contributed by atoms with E-state index >= 15 is 0 Å². The Hall–Kier alpha value is -1.83. The van der Waals surface area contributed by atoms with Gasteiger partial charge in [-0.15, -0.1) is 17.4 Å². The zero-order valence-corrected chi connectivity index (χ0v) is 7.49. The molecule has 5 nitrogen and oxygen atoms in total. The summed E-state index contributed by atoms with van der Waals surface area (Å²) in [4.78, 5) is 37.5. The molecule has 0 saturated carbocycles. The molecule has 0 spiro atoms. The van der Waals surface area contributed by atoms with E-state index in [4.69, 9.17) is 6.42 Å². The molecule has 14 heavy (non-hydrogen) atoms.